The van der Waals surface area contributed by atoms with Gasteiger partial charge in [0.15, 0.2) is 6.61 Å². The van der Waals surface area contributed by atoms with E-state index >= 15 is 0 Å². The highest BCUT2D eigenvalue weighted by atomic mass is 32.2. The lowest BCUT2D eigenvalue weighted by molar-refractivity contribution is -0.147. The van der Waals surface area contributed by atoms with Crippen molar-refractivity contribution in [1.29, 1.82) is 0 Å². The topological polar surface area (TPSA) is 102 Å². The molecule has 0 aromatic heterocycles. The molecule has 0 atom stereocenters. The number of ether oxygens (including phenoxy) is 1. The summed E-state index contributed by atoms with van der Waals surface area (Å²) in [5.41, 5.74) is 1.59. The average Bonchev–Trinajstić information content (AvgIpc) is 2.67. The second-order valence-corrected chi connectivity index (χ2v) is 8.48. The molecule has 0 spiro atoms. The van der Waals surface area contributed by atoms with Gasteiger partial charge in [-0.15, -0.1) is 11.8 Å². The van der Waals surface area contributed by atoms with Crippen molar-refractivity contribution in [2.24, 2.45) is 0 Å². The minimum atomic E-state index is -3.69. The van der Waals surface area contributed by atoms with E-state index in [2.05, 4.69) is 10.0 Å². The summed E-state index contributed by atoms with van der Waals surface area (Å²) in [5.74, 6) is -1.13. The quantitative estimate of drug-likeness (QED) is 0.476. The Morgan fingerprint density at radius 2 is 1.75 bits per heavy atom. The smallest absolute Gasteiger partial charge is 0.307 e. The van der Waals surface area contributed by atoms with Gasteiger partial charge in [-0.05, 0) is 37.4 Å². The van der Waals surface area contributed by atoms with Crippen LogP contribution in [-0.4, -0.2) is 39.7 Å². The van der Waals surface area contributed by atoms with Crippen LogP contribution in [0.15, 0.2) is 58.3 Å². The van der Waals surface area contributed by atoms with E-state index in [9.17, 15) is 18.0 Å². The molecule has 0 aliphatic heterocycles. The Morgan fingerprint density at radius 1 is 1.07 bits per heavy atom. The highest BCUT2D eigenvalue weighted by Gasteiger charge is 2.15. The number of carbonyl (C=O) groups is 2. The number of nitrogens with one attached hydrogen (secondary N) is 2. The molecule has 2 aromatic rings. The maximum absolute atomic E-state index is 12.1. The number of esters is 1. The summed E-state index contributed by atoms with van der Waals surface area (Å²) in [7, 11) is -3.69. The van der Waals surface area contributed by atoms with Crippen LogP contribution in [0.25, 0.3) is 0 Å². The Morgan fingerprint density at radius 3 is 2.43 bits per heavy atom. The molecule has 0 aliphatic carbocycles. The number of para-hydroxylation sites is 1. The first kappa shape index (κ1) is 21.9. The largest absolute Gasteiger partial charge is 0.456 e. The maximum atomic E-state index is 12.1. The summed E-state index contributed by atoms with van der Waals surface area (Å²) in [6.07, 6.45) is 1.71. The van der Waals surface area contributed by atoms with Crippen molar-refractivity contribution in [3.8, 4) is 0 Å². The zero-order chi connectivity index (χ0) is 20.6. The predicted molar refractivity (Wildman–Crippen MR) is 109 cm³/mol. The number of hydrogen-bond donors (Lipinski definition) is 2. The van der Waals surface area contributed by atoms with E-state index in [-0.39, 0.29) is 17.9 Å². The summed E-state index contributed by atoms with van der Waals surface area (Å²) >= 11 is 1.49. The van der Waals surface area contributed by atoms with E-state index in [1.807, 2.05) is 25.3 Å². The molecule has 0 fully saturated rings. The predicted octanol–water partition coefficient (Wildman–Crippen LogP) is 2.57. The Kier molecular flexibility index (Phi) is 8.04. The number of rotatable bonds is 9. The fourth-order valence-electron chi connectivity index (χ4n) is 2.24. The third-order valence-electron chi connectivity index (χ3n) is 3.70. The second kappa shape index (κ2) is 10.3. The molecule has 0 heterocycles. The highest BCUT2D eigenvalue weighted by molar-refractivity contribution is 7.98. The number of aryl methyl sites for hydroxylation is 1. The van der Waals surface area contributed by atoms with Gasteiger partial charge in [-0.1, -0.05) is 29.8 Å². The van der Waals surface area contributed by atoms with Crippen molar-refractivity contribution >= 4 is 39.3 Å². The van der Waals surface area contributed by atoms with Gasteiger partial charge in [-0.3, -0.25) is 9.59 Å². The Hall–Kier alpha value is -2.36. The number of anilines is 1. The molecule has 150 valence electrons. The second-order valence-electron chi connectivity index (χ2n) is 5.87. The van der Waals surface area contributed by atoms with Crippen LogP contribution in [0.5, 0.6) is 0 Å². The third kappa shape index (κ3) is 6.66. The molecule has 2 N–H and O–H groups in total. The monoisotopic (exact) mass is 422 g/mol. The Balaban J connectivity index is 1.75. The number of hydrogen-bond acceptors (Lipinski definition) is 6. The van der Waals surface area contributed by atoms with Crippen LogP contribution in [0.1, 0.15) is 12.0 Å². The van der Waals surface area contributed by atoms with Crippen LogP contribution in [-0.2, 0) is 24.3 Å². The van der Waals surface area contributed by atoms with Gasteiger partial charge in [0, 0.05) is 11.4 Å². The lowest BCUT2D eigenvalue weighted by Gasteiger charge is -2.10. The summed E-state index contributed by atoms with van der Waals surface area (Å²) in [4.78, 5) is 24.7. The van der Waals surface area contributed by atoms with Crippen molar-refractivity contribution in [2.45, 2.75) is 23.1 Å². The van der Waals surface area contributed by atoms with Gasteiger partial charge in [0.1, 0.15) is 0 Å². The minimum Gasteiger partial charge on any atom is -0.456 e. The van der Waals surface area contributed by atoms with E-state index < -0.39 is 28.5 Å². The Labute approximate surface area is 168 Å². The molecule has 9 heteroatoms. The van der Waals surface area contributed by atoms with Gasteiger partial charge in [0.25, 0.3) is 5.91 Å². The van der Waals surface area contributed by atoms with Crippen molar-refractivity contribution in [3.63, 3.8) is 0 Å². The molecule has 0 saturated carbocycles. The van der Waals surface area contributed by atoms with Crippen LogP contribution in [0.3, 0.4) is 0 Å². The molecule has 0 unspecified atom stereocenters. The molecular weight excluding hydrogens is 400 g/mol. The number of thioether (sulfide) groups is 1. The van der Waals surface area contributed by atoms with Crippen molar-refractivity contribution in [3.05, 3.63) is 54.1 Å². The number of benzene rings is 2. The SMILES string of the molecule is CSc1ccccc1NC(=O)COC(=O)CCNS(=O)(=O)c1ccc(C)cc1. The van der Waals surface area contributed by atoms with Crippen molar-refractivity contribution in [1.82, 2.24) is 4.72 Å². The van der Waals surface area contributed by atoms with Gasteiger partial charge >= 0.3 is 5.97 Å². The van der Waals surface area contributed by atoms with E-state index in [1.165, 1.54) is 23.9 Å². The van der Waals surface area contributed by atoms with Crippen LogP contribution < -0.4 is 10.0 Å². The van der Waals surface area contributed by atoms with E-state index in [0.717, 1.165) is 10.5 Å². The van der Waals surface area contributed by atoms with Gasteiger partial charge in [0.05, 0.1) is 17.0 Å². The third-order valence-corrected chi connectivity index (χ3v) is 5.97. The summed E-state index contributed by atoms with van der Waals surface area (Å²) in [6, 6.07) is 13.6. The highest BCUT2D eigenvalue weighted by Crippen LogP contribution is 2.24. The van der Waals surface area contributed by atoms with Gasteiger partial charge < -0.3 is 10.1 Å². The lowest BCUT2D eigenvalue weighted by atomic mass is 10.2. The van der Waals surface area contributed by atoms with E-state index in [0.29, 0.717) is 5.69 Å². The fraction of sp³-hybridized carbons (Fsp3) is 0.263. The zero-order valence-corrected chi connectivity index (χ0v) is 17.2. The van der Waals surface area contributed by atoms with Gasteiger partial charge in [-0.25, -0.2) is 13.1 Å². The zero-order valence-electron chi connectivity index (χ0n) is 15.6. The molecule has 0 radical (unpaired) electrons. The van der Waals surface area contributed by atoms with Gasteiger partial charge in [0.2, 0.25) is 10.0 Å². The standard InChI is InChI=1S/C19H22N2O5S2/c1-14-7-9-15(10-8-14)28(24,25)20-12-11-19(23)26-13-18(22)21-16-5-3-4-6-17(16)27-2/h3-10,20H,11-13H2,1-2H3,(H,21,22). The van der Waals surface area contributed by atoms with Crippen LogP contribution in [0, 0.1) is 6.92 Å². The summed E-state index contributed by atoms with van der Waals surface area (Å²) in [6.45, 7) is 1.30. The number of carbonyl (C=O) groups excluding carboxylic acids is 2. The minimum absolute atomic E-state index is 0.119. The van der Waals surface area contributed by atoms with E-state index in [1.54, 1.807) is 24.3 Å². The molecule has 0 saturated heterocycles. The van der Waals surface area contributed by atoms with Crippen LogP contribution in [0.2, 0.25) is 0 Å². The molecule has 7 nitrogen and oxygen atoms in total. The summed E-state index contributed by atoms with van der Waals surface area (Å²) in [5, 5.41) is 2.67. The Bertz CT molecular complexity index is 928. The van der Waals surface area contributed by atoms with Crippen LogP contribution in [0.4, 0.5) is 5.69 Å². The summed E-state index contributed by atoms with van der Waals surface area (Å²) < 4.78 is 31.5. The first-order valence-electron chi connectivity index (χ1n) is 8.46. The molecule has 0 bridgehead atoms. The molecule has 28 heavy (non-hydrogen) atoms. The van der Waals surface area contributed by atoms with Crippen molar-refractivity contribution < 1.29 is 22.7 Å². The molecule has 0 aliphatic rings. The first-order chi connectivity index (χ1) is 13.3. The maximum Gasteiger partial charge on any atom is 0.307 e. The lowest BCUT2D eigenvalue weighted by Crippen LogP contribution is -2.28. The number of sulfonamides is 1. The first-order valence-corrected chi connectivity index (χ1v) is 11.2. The van der Waals surface area contributed by atoms with Gasteiger partial charge in [-0.2, -0.15) is 0 Å². The molecule has 2 rings (SSSR count). The average molecular weight is 423 g/mol. The molecular formula is C19H22N2O5S2. The van der Waals surface area contributed by atoms with Crippen molar-refractivity contribution in [2.75, 3.05) is 24.7 Å². The molecule has 1 amide bonds. The molecule has 2 aromatic carbocycles. The van der Waals surface area contributed by atoms with Crippen LogP contribution >= 0.6 is 11.8 Å². The number of amides is 1. The normalized spacial score (nSPS) is 11.1. The fourth-order valence-corrected chi connectivity index (χ4v) is 3.83. The van der Waals surface area contributed by atoms with E-state index in [4.69, 9.17) is 4.74 Å².